The van der Waals surface area contributed by atoms with Crippen LogP contribution in [0.4, 0.5) is 0 Å². The molecule has 0 bridgehead atoms. The third kappa shape index (κ3) is 6.20. The summed E-state index contributed by atoms with van der Waals surface area (Å²) in [5, 5.41) is 0.293. The highest BCUT2D eigenvalue weighted by Gasteiger charge is 2.36. The molecule has 0 amide bonds. The summed E-state index contributed by atoms with van der Waals surface area (Å²) >= 11 is 0. The summed E-state index contributed by atoms with van der Waals surface area (Å²) < 4.78 is 11.1. The Kier molecular flexibility index (Phi) is 6.93. The van der Waals surface area contributed by atoms with Crippen LogP contribution in [0.3, 0.4) is 0 Å². The van der Waals surface area contributed by atoms with Gasteiger partial charge in [0.05, 0.1) is 6.61 Å². The molecule has 114 valence electrons. The summed E-state index contributed by atoms with van der Waals surface area (Å²) in [5.74, 6) is 0. The SMILES string of the molecule is C1CCOC1.CC(C)(C)[Si](C)(C)OCc1ccccc1. The second-order valence-corrected chi connectivity index (χ2v) is 11.7. The second kappa shape index (κ2) is 7.96. The molecule has 0 atom stereocenters. The van der Waals surface area contributed by atoms with Crippen molar-refractivity contribution in [2.24, 2.45) is 0 Å². The van der Waals surface area contributed by atoms with Crippen molar-refractivity contribution < 1.29 is 9.16 Å². The Morgan fingerprint density at radius 2 is 1.60 bits per heavy atom. The van der Waals surface area contributed by atoms with Gasteiger partial charge in [0, 0.05) is 13.2 Å². The maximum Gasteiger partial charge on any atom is 0.192 e. The van der Waals surface area contributed by atoms with Gasteiger partial charge in [-0.2, -0.15) is 0 Å². The summed E-state index contributed by atoms with van der Waals surface area (Å²) in [6, 6.07) is 10.4. The van der Waals surface area contributed by atoms with Crippen molar-refractivity contribution in [3.63, 3.8) is 0 Å². The van der Waals surface area contributed by atoms with E-state index in [2.05, 4.69) is 58.1 Å². The molecule has 0 N–H and O–H groups in total. The quantitative estimate of drug-likeness (QED) is 0.730. The predicted molar refractivity (Wildman–Crippen MR) is 88.5 cm³/mol. The van der Waals surface area contributed by atoms with Crippen molar-refractivity contribution in [3.8, 4) is 0 Å². The van der Waals surface area contributed by atoms with Crippen LogP contribution in [0, 0.1) is 0 Å². The van der Waals surface area contributed by atoms with Gasteiger partial charge >= 0.3 is 0 Å². The van der Waals surface area contributed by atoms with Gasteiger partial charge in [-0.25, -0.2) is 0 Å². The van der Waals surface area contributed by atoms with Crippen LogP contribution in [0.5, 0.6) is 0 Å². The molecule has 1 fully saturated rings. The molecule has 1 saturated heterocycles. The van der Waals surface area contributed by atoms with Crippen LogP contribution < -0.4 is 0 Å². The highest BCUT2D eigenvalue weighted by Crippen LogP contribution is 2.36. The summed E-state index contributed by atoms with van der Waals surface area (Å²) in [7, 11) is -1.59. The largest absolute Gasteiger partial charge is 0.413 e. The Bertz CT molecular complexity index is 357. The monoisotopic (exact) mass is 294 g/mol. The van der Waals surface area contributed by atoms with E-state index in [9.17, 15) is 0 Å². The van der Waals surface area contributed by atoms with Crippen LogP contribution in [0.25, 0.3) is 0 Å². The van der Waals surface area contributed by atoms with Gasteiger partial charge in [-0.15, -0.1) is 0 Å². The number of benzene rings is 1. The van der Waals surface area contributed by atoms with Crippen molar-refractivity contribution in [1.82, 2.24) is 0 Å². The summed E-state index contributed by atoms with van der Waals surface area (Å²) in [5.41, 5.74) is 1.27. The lowest BCUT2D eigenvalue weighted by Crippen LogP contribution is -2.40. The van der Waals surface area contributed by atoms with Gasteiger partial charge in [0.25, 0.3) is 0 Å². The van der Waals surface area contributed by atoms with E-state index in [1.54, 1.807) is 0 Å². The Labute approximate surface area is 125 Å². The number of ether oxygens (including phenoxy) is 1. The Hall–Kier alpha value is -0.643. The first-order valence-electron chi connectivity index (χ1n) is 7.58. The minimum atomic E-state index is -1.59. The van der Waals surface area contributed by atoms with Crippen molar-refractivity contribution in [2.75, 3.05) is 13.2 Å². The van der Waals surface area contributed by atoms with E-state index in [1.165, 1.54) is 18.4 Å². The molecular formula is C17H30O2Si. The smallest absolute Gasteiger partial charge is 0.192 e. The van der Waals surface area contributed by atoms with E-state index in [0.29, 0.717) is 5.04 Å². The van der Waals surface area contributed by atoms with Crippen LogP contribution in [0.1, 0.15) is 39.2 Å². The van der Waals surface area contributed by atoms with Crippen LogP contribution in [-0.4, -0.2) is 21.5 Å². The number of hydrogen-bond donors (Lipinski definition) is 0. The average Bonchev–Trinajstić information content (AvgIpc) is 2.95. The zero-order valence-electron chi connectivity index (χ0n) is 13.7. The van der Waals surface area contributed by atoms with Crippen LogP contribution in [0.15, 0.2) is 30.3 Å². The molecular weight excluding hydrogens is 264 g/mol. The Balaban J connectivity index is 0.000000333. The van der Waals surface area contributed by atoms with Gasteiger partial charge in [0.15, 0.2) is 8.32 Å². The number of rotatable bonds is 3. The summed E-state index contributed by atoms with van der Waals surface area (Å²) in [6.07, 6.45) is 2.56. The maximum atomic E-state index is 6.12. The molecule has 0 saturated carbocycles. The first-order chi connectivity index (χ1) is 9.33. The van der Waals surface area contributed by atoms with Crippen molar-refractivity contribution in [3.05, 3.63) is 35.9 Å². The van der Waals surface area contributed by atoms with E-state index in [4.69, 9.17) is 9.16 Å². The fourth-order valence-electron chi connectivity index (χ4n) is 1.56. The highest BCUT2D eigenvalue weighted by molar-refractivity contribution is 6.74. The maximum absolute atomic E-state index is 6.12. The summed E-state index contributed by atoms with van der Waals surface area (Å²) in [4.78, 5) is 0. The van der Waals surface area contributed by atoms with Crippen LogP contribution in [0.2, 0.25) is 18.1 Å². The fourth-order valence-corrected chi connectivity index (χ4v) is 2.53. The van der Waals surface area contributed by atoms with Crippen molar-refractivity contribution in [1.29, 1.82) is 0 Å². The molecule has 0 aliphatic carbocycles. The average molecular weight is 295 g/mol. The van der Waals surface area contributed by atoms with Gasteiger partial charge in [-0.05, 0) is 36.5 Å². The standard InChI is InChI=1S/C13H22OSi.C4H8O/c1-13(2,3)15(4,5)14-11-12-9-7-6-8-10-12;1-2-4-5-3-1/h6-10H,11H2,1-5H3;1-4H2. The molecule has 1 aromatic rings. The number of hydrogen-bond acceptors (Lipinski definition) is 2. The van der Waals surface area contributed by atoms with Gasteiger partial charge in [0.1, 0.15) is 0 Å². The Morgan fingerprint density at radius 1 is 1.05 bits per heavy atom. The van der Waals surface area contributed by atoms with Gasteiger partial charge < -0.3 is 9.16 Å². The zero-order chi connectivity index (χ0) is 15.1. The molecule has 2 nitrogen and oxygen atoms in total. The van der Waals surface area contributed by atoms with E-state index in [1.807, 2.05) is 6.07 Å². The first-order valence-corrected chi connectivity index (χ1v) is 10.5. The van der Waals surface area contributed by atoms with Gasteiger partial charge in [-0.3, -0.25) is 0 Å². The first kappa shape index (κ1) is 17.4. The normalized spacial score (nSPS) is 15.7. The van der Waals surface area contributed by atoms with Gasteiger partial charge in [-0.1, -0.05) is 51.1 Å². The second-order valence-electron chi connectivity index (χ2n) is 6.85. The molecule has 0 aromatic heterocycles. The molecule has 0 unspecified atom stereocenters. The Morgan fingerprint density at radius 3 is 2.00 bits per heavy atom. The van der Waals surface area contributed by atoms with Crippen LogP contribution >= 0.6 is 0 Å². The molecule has 2 rings (SSSR count). The topological polar surface area (TPSA) is 18.5 Å². The van der Waals surface area contributed by atoms with E-state index >= 15 is 0 Å². The molecule has 20 heavy (non-hydrogen) atoms. The lowest BCUT2D eigenvalue weighted by molar-refractivity contribution is 0.198. The predicted octanol–water partition coefficient (Wildman–Crippen LogP) is 5.01. The lowest BCUT2D eigenvalue weighted by atomic mass is 10.2. The molecule has 0 spiro atoms. The molecule has 1 heterocycles. The molecule has 0 radical (unpaired) electrons. The van der Waals surface area contributed by atoms with Crippen molar-refractivity contribution in [2.45, 2.75) is 58.4 Å². The molecule has 3 heteroatoms. The fraction of sp³-hybridized carbons (Fsp3) is 0.647. The minimum Gasteiger partial charge on any atom is -0.413 e. The summed E-state index contributed by atoms with van der Waals surface area (Å²) in [6.45, 7) is 14.1. The van der Waals surface area contributed by atoms with E-state index in [0.717, 1.165) is 19.8 Å². The zero-order valence-corrected chi connectivity index (χ0v) is 14.7. The van der Waals surface area contributed by atoms with Crippen molar-refractivity contribution >= 4 is 8.32 Å². The van der Waals surface area contributed by atoms with E-state index < -0.39 is 8.32 Å². The molecule has 1 aliphatic rings. The molecule has 1 aliphatic heterocycles. The third-order valence-electron chi connectivity index (χ3n) is 4.08. The third-order valence-corrected chi connectivity index (χ3v) is 8.55. The lowest BCUT2D eigenvalue weighted by Gasteiger charge is -2.36. The minimum absolute atomic E-state index is 0.293. The van der Waals surface area contributed by atoms with Gasteiger partial charge in [0.2, 0.25) is 0 Å². The molecule has 1 aromatic carbocycles. The highest BCUT2D eigenvalue weighted by atomic mass is 28.4. The van der Waals surface area contributed by atoms with Crippen LogP contribution in [-0.2, 0) is 15.8 Å². The van der Waals surface area contributed by atoms with E-state index in [-0.39, 0.29) is 0 Å².